The van der Waals surface area contributed by atoms with Crippen molar-refractivity contribution in [3.63, 3.8) is 0 Å². The number of hydrogen-bond donors (Lipinski definition) is 1. The summed E-state index contributed by atoms with van der Waals surface area (Å²) in [6, 6.07) is 6.92. The minimum atomic E-state index is 0.694. The maximum Gasteiger partial charge on any atom is 0.0544 e. The van der Waals surface area contributed by atoms with E-state index in [2.05, 4.69) is 28.7 Å². The monoisotopic (exact) mass is 236 g/mol. The molecule has 2 rings (SSSR count). The molecule has 1 aromatic rings. The summed E-state index contributed by atoms with van der Waals surface area (Å²) in [5.41, 5.74) is 2.26. The van der Waals surface area contributed by atoms with Gasteiger partial charge in [0.2, 0.25) is 0 Å². The lowest BCUT2D eigenvalue weighted by molar-refractivity contribution is 0.520. The van der Waals surface area contributed by atoms with Gasteiger partial charge in [-0.05, 0) is 44.6 Å². The van der Waals surface area contributed by atoms with Crippen molar-refractivity contribution in [1.29, 1.82) is 0 Å². The first-order chi connectivity index (χ1) is 7.78. The van der Waals surface area contributed by atoms with Crippen molar-refractivity contribution in [1.82, 2.24) is 10.3 Å². The molecule has 1 saturated carbocycles. The highest BCUT2D eigenvalue weighted by Gasteiger charge is 2.23. The molecule has 88 valence electrons. The van der Waals surface area contributed by atoms with Gasteiger partial charge < -0.3 is 5.32 Å². The maximum absolute atomic E-state index is 4.51. The highest BCUT2D eigenvalue weighted by molar-refractivity contribution is 7.99. The first-order valence-corrected chi connectivity index (χ1v) is 7.25. The first kappa shape index (κ1) is 11.9. The molecule has 0 amide bonds. The van der Waals surface area contributed by atoms with Gasteiger partial charge >= 0.3 is 0 Å². The van der Waals surface area contributed by atoms with Crippen LogP contribution in [0.1, 0.15) is 30.7 Å². The topological polar surface area (TPSA) is 24.9 Å². The van der Waals surface area contributed by atoms with Gasteiger partial charge in [0, 0.05) is 23.5 Å². The lowest BCUT2D eigenvalue weighted by Crippen LogP contribution is -2.26. The van der Waals surface area contributed by atoms with E-state index in [0.29, 0.717) is 6.04 Å². The lowest BCUT2D eigenvalue weighted by atomic mass is 10.2. The Morgan fingerprint density at radius 1 is 1.44 bits per heavy atom. The van der Waals surface area contributed by atoms with E-state index < -0.39 is 0 Å². The van der Waals surface area contributed by atoms with E-state index in [1.54, 1.807) is 0 Å². The zero-order valence-electron chi connectivity index (χ0n) is 10.1. The van der Waals surface area contributed by atoms with Gasteiger partial charge in [0.25, 0.3) is 0 Å². The van der Waals surface area contributed by atoms with Crippen LogP contribution in [0.15, 0.2) is 18.2 Å². The molecule has 1 aromatic heterocycles. The Balaban J connectivity index is 1.80. The molecule has 1 heterocycles. The number of pyridine rings is 1. The fourth-order valence-corrected chi connectivity index (χ4v) is 3.08. The lowest BCUT2D eigenvalue weighted by Gasteiger charge is -2.12. The van der Waals surface area contributed by atoms with Crippen LogP contribution in [0.3, 0.4) is 0 Å². The summed E-state index contributed by atoms with van der Waals surface area (Å²) in [7, 11) is 0. The fraction of sp³-hybridized carbons (Fsp3) is 0.615. The van der Waals surface area contributed by atoms with E-state index in [1.165, 1.54) is 19.3 Å². The molecule has 3 heteroatoms. The largest absolute Gasteiger partial charge is 0.308 e. The zero-order valence-corrected chi connectivity index (χ0v) is 10.9. The van der Waals surface area contributed by atoms with Crippen LogP contribution in [0.25, 0.3) is 0 Å². The number of nitrogens with one attached hydrogen (secondary N) is 1. The Labute approximate surface area is 102 Å². The Hall–Kier alpha value is -0.540. The molecule has 0 aromatic carbocycles. The zero-order chi connectivity index (χ0) is 11.4. The van der Waals surface area contributed by atoms with E-state index in [1.807, 2.05) is 24.8 Å². The van der Waals surface area contributed by atoms with Crippen molar-refractivity contribution in [2.45, 2.75) is 44.0 Å². The average molecular weight is 236 g/mol. The average Bonchev–Trinajstić information content (AvgIpc) is 2.74. The van der Waals surface area contributed by atoms with Crippen molar-refractivity contribution in [3.05, 3.63) is 29.6 Å². The first-order valence-electron chi connectivity index (χ1n) is 5.96. The van der Waals surface area contributed by atoms with Crippen LogP contribution in [0.5, 0.6) is 0 Å². The number of nitrogens with zero attached hydrogens (tertiary/aromatic N) is 1. The molecule has 16 heavy (non-hydrogen) atoms. The Bertz CT molecular complexity index is 340. The number of aromatic nitrogens is 1. The van der Waals surface area contributed by atoms with E-state index in [4.69, 9.17) is 0 Å². The second-order valence-corrected chi connectivity index (χ2v) is 5.66. The van der Waals surface area contributed by atoms with E-state index in [-0.39, 0.29) is 0 Å². The molecule has 0 aliphatic heterocycles. The molecule has 0 bridgehead atoms. The Kier molecular flexibility index (Phi) is 4.24. The molecular weight excluding hydrogens is 216 g/mol. The number of rotatable bonds is 4. The quantitative estimate of drug-likeness (QED) is 0.870. The normalized spacial score (nSPS) is 24.9. The molecule has 1 aliphatic rings. The molecule has 0 spiro atoms. The molecule has 1 N–H and O–H groups in total. The van der Waals surface area contributed by atoms with Gasteiger partial charge in [0.05, 0.1) is 5.69 Å². The second-order valence-electron chi connectivity index (χ2n) is 4.52. The van der Waals surface area contributed by atoms with Crippen molar-refractivity contribution in [2.75, 3.05) is 6.26 Å². The van der Waals surface area contributed by atoms with Crippen LogP contribution in [0, 0.1) is 6.92 Å². The molecule has 0 saturated heterocycles. The third kappa shape index (κ3) is 3.22. The Morgan fingerprint density at radius 2 is 2.31 bits per heavy atom. The van der Waals surface area contributed by atoms with Gasteiger partial charge in [0.15, 0.2) is 0 Å². The van der Waals surface area contributed by atoms with Crippen molar-refractivity contribution < 1.29 is 0 Å². The number of aryl methyl sites for hydroxylation is 1. The van der Waals surface area contributed by atoms with E-state index in [0.717, 1.165) is 23.2 Å². The predicted molar refractivity (Wildman–Crippen MR) is 70.8 cm³/mol. The van der Waals surface area contributed by atoms with E-state index >= 15 is 0 Å². The molecule has 2 unspecified atom stereocenters. The summed E-state index contributed by atoms with van der Waals surface area (Å²) in [5, 5.41) is 4.48. The van der Waals surface area contributed by atoms with Crippen LogP contribution >= 0.6 is 11.8 Å². The summed E-state index contributed by atoms with van der Waals surface area (Å²) in [5.74, 6) is 0. The summed E-state index contributed by atoms with van der Waals surface area (Å²) < 4.78 is 0. The third-order valence-electron chi connectivity index (χ3n) is 3.24. The van der Waals surface area contributed by atoms with Crippen LogP contribution in [-0.2, 0) is 6.54 Å². The third-order valence-corrected chi connectivity index (χ3v) is 4.33. The molecule has 2 atom stereocenters. The van der Waals surface area contributed by atoms with Gasteiger partial charge in [-0.1, -0.05) is 6.07 Å². The van der Waals surface area contributed by atoms with E-state index in [9.17, 15) is 0 Å². The molecule has 1 fully saturated rings. The predicted octanol–water partition coefficient (Wildman–Crippen LogP) is 2.76. The van der Waals surface area contributed by atoms with Crippen molar-refractivity contribution in [3.8, 4) is 0 Å². The number of hydrogen-bond acceptors (Lipinski definition) is 3. The molecule has 2 nitrogen and oxygen atoms in total. The smallest absolute Gasteiger partial charge is 0.0544 e. The SMILES string of the molecule is CSC1CCC(NCc2cccc(C)n2)C1. The highest BCUT2D eigenvalue weighted by atomic mass is 32.2. The van der Waals surface area contributed by atoms with Crippen molar-refractivity contribution >= 4 is 11.8 Å². The van der Waals surface area contributed by atoms with Crippen LogP contribution < -0.4 is 5.32 Å². The van der Waals surface area contributed by atoms with Crippen LogP contribution in [0.2, 0.25) is 0 Å². The van der Waals surface area contributed by atoms with Gasteiger partial charge in [-0.2, -0.15) is 11.8 Å². The molecule has 1 aliphatic carbocycles. The van der Waals surface area contributed by atoms with Crippen LogP contribution in [-0.4, -0.2) is 22.5 Å². The van der Waals surface area contributed by atoms with Crippen molar-refractivity contribution in [2.24, 2.45) is 0 Å². The molecule has 0 radical (unpaired) electrons. The highest BCUT2D eigenvalue weighted by Crippen LogP contribution is 2.28. The summed E-state index contributed by atoms with van der Waals surface area (Å²) in [6.45, 7) is 2.95. The Morgan fingerprint density at radius 3 is 3.00 bits per heavy atom. The van der Waals surface area contributed by atoms with Gasteiger partial charge in [-0.3, -0.25) is 4.98 Å². The maximum atomic E-state index is 4.51. The fourth-order valence-electron chi connectivity index (χ4n) is 2.29. The summed E-state index contributed by atoms with van der Waals surface area (Å²) >= 11 is 2.00. The molecular formula is C13H20N2S. The minimum absolute atomic E-state index is 0.694. The van der Waals surface area contributed by atoms with Gasteiger partial charge in [-0.25, -0.2) is 0 Å². The minimum Gasteiger partial charge on any atom is -0.308 e. The van der Waals surface area contributed by atoms with Crippen LogP contribution in [0.4, 0.5) is 0 Å². The summed E-state index contributed by atoms with van der Waals surface area (Å²) in [4.78, 5) is 4.51. The van der Waals surface area contributed by atoms with Gasteiger partial charge in [0.1, 0.15) is 0 Å². The van der Waals surface area contributed by atoms with Gasteiger partial charge in [-0.15, -0.1) is 0 Å². The summed E-state index contributed by atoms with van der Waals surface area (Å²) in [6.07, 6.45) is 6.21. The number of thioether (sulfide) groups is 1. The standard InChI is InChI=1S/C13H20N2S/c1-10-4-3-5-12(15-10)9-14-11-6-7-13(8-11)16-2/h3-5,11,13-14H,6-9H2,1-2H3. The second kappa shape index (κ2) is 5.69.